The van der Waals surface area contributed by atoms with Gasteiger partial charge in [0.15, 0.2) is 0 Å². The number of ether oxygens (including phenoxy) is 2. The zero-order valence-corrected chi connectivity index (χ0v) is 18.4. The van der Waals surface area contributed by atoms with Crippen LogP contribution in [0.4, 0.5) is 10.5 Å². The number of rotatable bonds is 4. The van der Waals surface area contributed by atoms with Crippen molar-refractivity contribution in [3.05, 3.63) is 48.0 Å². The molecule has 30 heavy (non-hydrogen) atoms. The van der Waals surface area contributed by atoms with Crippen LogP contribution in [0.25, 0.3) is 11.1 Å². The maximum Gasteiger partial charge on any atom is 0.414 e. The highest BCUT2D eigenvalue weighted by Gasteiger charge is 2.29. The van der Waals surface area contributed by atoms with Crippen LogP contribution in [0, 0.1) is 5.92 Å². The van der Waals surface area contributed by atoms with Gasteiger partial charge in [-0.1, -0.05) is 37.5 Å². The molecular weight excluding hydrogens is 374 g/mol. The highest BCUT2D eigenvalue weighted by Crippen LogP contribution is 2.34. The average Bonchev–Trinajstić information content (AvgIpc) is 3.16. The van der Waals surface area contributed by atoms with Crippen molar-refractivity contribution in [3.8, 4) is 16.9 Å². The predicted octanol–water partition coefficient (Wildman–Crippen LogP) is 6.61. The van der Waals surface area contributed by atoms with Gasteiger partial charge in [-0.2, -0.15) is 0 Å². The number of hydrogen-bond donors (Lipinski definition) is 0. The number of fused-ring (bicyclic) bond motifs is 1. The molecule has 0 atom stereocenters. The smallest absolute Gasteiger partial charge is 0.414 e. The normalized spacial score (nSPS) is 17.0. The zero-order chi connectivity index (χ0) is 21.1. The third-order valence-electron chi connectivity index (χ3n) is 5.99. The minimum atomic E-state index is -0.486. The van der Waals surface area contributed by atoms with Gasteiger partial charge in [0.05, 0.1) is 12.3 Å². The molecule has 2 aromatic rings. The van der Waals surface area contributed by atoms with Crippen molar-refractivity contribution in [1.29, 1.82) is 0 Å². The van der Waals surface area contributed by atoms with Crippen molar-refractivity contribution in [2.75, 3.05) is 18.1 Å². The lowest BCUT2D eigenvalue weighted by Crippen LogP contribution is -2.35. The number of nitrogens with zero attached hydrogens (tertiary/aromatic N) is 1. The van der Waals surface area contributed by atoms with E-state index in [1.165, 1.54) is 48.8 Å². The van der Waals surface area contributed by atoms with Gasteiger partial charge >= 0.3 is 6.09 Å². The van der Waals surface area contributed by atoms with Crippen LogP contribution in [-0.4, -0.2) is 24.8 Å². The van der Waals surface area contributed by atoms with E-state index in [0.717, 1.165) is 24.5 Å². The van der Waals surface area contributed by atoms with E-state index in [1.54, 1.807) is 4.90 Å². The Hall–Kier alpha value is -2.49. The maximum atomic E-state index is 12.5. The molecule has 4 heteroatoms. The Morgan fingerprint density at radius 3 is 2.40 bits per heavy atom. The van der Waals surface area contributed by atoms with Crippen LogP contribution in [0.5, 0.6) is 5.75 Å². The summed E-state index contributed by atoms with van der Waals surface area (Å²) < 4.78 is 11.6. The number of carbonyl (C=O) groups excluding carboxylic acids is 1. The molecule has 1 saturated carbocycles. The lowest BCUT2D eigenvalue weighted by Gasteiger charge is -2.24. The quantitative estimate of drug-likeness (QED) is 0.572. The van der Waals surface area contributed by atoms with Crippen LogP contribution in [0.15, 0.2) is 42.5 Å². The first-order valence-corrected chi connectivity index (χ1v) is 11.3. The van der Waals surface area contributed by atoms with E-state index in [2.05, 4.69) is 36.4 Å². The van der Waals surface area contributed by atoms with Crippen molar-refractivity contribution in [1.82, 2.24) is 0 Å². The van der Waals surface area contributed by atoms with Crippen LogP contribution in [-0.2, 0) is 11.2 Å². The molecule has 0 aromatic heterocycles. The number of anilines is 1. The molecule has 0 N–H and O–H groups in total. The molecule has 1 fully saturated rings. The summed E-state index contributed by atoms with van der Waals surface area (Å²) in [6.07, 6.45) is 7.24. The molecule has 1 aliphatic carbocycles. The number of hydrogen-bond acceptors (Lipinski definition) is 3. The maximum absolute atomic E-state index is 12.5. The van der Waals surface area contributed by atoms with Gasteiger partial charge in [0, 0.05) is 6.54 Å². The van der Waals surface area contributed by atoms with Gasteiger partial charge in [-0.3, -0.25) is 4.90 Å². The molecule has 1 aliphatic heterocycles. The molecule has 0 bridgehead atoms. The monoisotopic (exact) mass is 407 g/mol. The average molecular weight is 408 g/mol. The second kappa shape index (κ2) is 8.71. The molecule has 4 rings (SSSR count). The first-order chi connectivity index (χ1) is 14.4. The van der Waals surface area contributed by atoms with Crippen molar-refractivity contribution >= 4 is 11.8 Å². The van der Waals surface area contributed by atoms with E-state index in [0.29, 0.717) is 12.5 Å². The summed E-state index contributed by atoms with van der Waals surface area (Å²) in [6, 6.07) is 14.7. The Balaban J connectivity index is 1.41. The van der Waals surface area contributed by atoms with Gasteiger partial charge < -0.3 is 9.47 Å². The Morgan fingerprint density at radius 1 is 1.00 bits per heavy atom. The number of amides is 1. The molecule has 0 radical (unpaired) electrons. The Labute approximate surface area is 180 Å². The Kier molecular flexibility index (Phi) is 6.03. The lowest BCUT2D eigenvalue weighted by molar-refractivity contribution is 0.0584. The largest absolute Gasteiger partial charge is 0.493 e. The lowest BCUT2D eigenvalue weighted by atomic mass is 9.90. The van der Waals surface area contributed by atoms with E-state index in [4.69, 9.17) is 9.47 Å². The molecule has 2 aromatic carbocycles. The fourth-order valence-electron chi connectivity index (χ4n) is 4.40. The summed E-state index contributed by atoms with van der Waals surface area (Å²) in [7, 11) is 0. The second-order valence-corrected chi connectivity index (χ2v) is 9.56. The number of carbonyl (C=O) groups is 1. The highest BCUT2D eigenvalue weighted by molar-refractivity contribution is 5.91. The highest BCUT2D eigenvalue weighted by atomic mass is 16.6. The molecule has 2 aliphatic rings. The minimum absolute atomic E-state index is 0.270. The van der Waals surface area contributed by atoms with Gasteiger partial charge in [-0.15, -0.1) is 0 Å². The molecule has 0 spiro atoms. The summed E-state index contributed by atoms with van der Waals surface area (Å²) in [5.74, 6) is 1.66. The van der Waals surface area contributed by atoms with Crippen LogP contribution in [0.3, 0.4) is 0 Å². The van der Waals surface area contributed by atoms with E-state index >= 15 is 0 Å². The summed E-state index contributed by atoms with van der Waals surface area (Å²) in [5.41, 5.74) is 3.99. The summed E-state index contributed by atoms with van der Waals surface area (Å²) >= 11 is 0. The van der Waals surface area contributed by atoms with Crippen molar-refractivity contribution in [2.24, 2.45) is 5.92 Å². The van der Waals surface area contributed by atoms with Gasteiger partial charge in [0.25, 0.3) is 0 Å². The fourth-order valence-corrected chi connectivity index (χ4v) is 4.40. The van der Waals surface area contributed by atoms with Gasteiger partial charge in [0.2, 0.25) is 0 Å². The molecule has 1 heterocycles. The van der Waals surface area contributed by atoms with Crippen molar-refractivity contribution < 1.29 is 14.3 Å². The van der Waals surface area contributed by atoms with E-state index in [-0.39, 0.29) is 6.09 Å². The van der Waals surface area contributed by atoms with Crippen LogP contribution in [0.1, 0.15) is 58.4 Å². The molecule has 0 saturated heterocycles. The second-order valence-electron chi connectivity index (χ2n) is 9.56. The topological polar surface area (TPSA) is 38.8 Å². The first kappa shape index (κ1) is 20.8. The zero-order valence-electron chi connectivity index (χ0n) is 18.4. The molecule has 4 nitrogen and oxygen atoms in total. The Bertz CT molecular complexity index is 876. The molecule has 1 amide bonds. The van der Waals surface area contributed by atoms with Gasteiger partial charge in [0.1, 0.15) is 11.4 Å². The minimum Gasteiger partial charge on any atom is -0.493 e. The summed E-state index contributed by atoms with van der Waals surface area (Å²) in [6.45, 7) is 7.19. The number of benzene rings is 2. The molecule has 0 unspecified atom stereocenters. The third-order valence-corrected chi connectivity index (χ3v) is 5.99. The van der Waals surface area contributed by atoms with Crippen molar-refractivity contribution in [3.63, 3.8) is 0 Å². The van der Waals surface area contributed by atoms with Gasteiger partial charge in [-0.05, 0) is 86.9 Å². The van der Waals surface area contributed by atoms with E-state index in [9.17, 15) is 4.79 Å². The fraction of sp³-hybridized carbons (Fsp3) is 0.500. The van der Waals surface area contributed by atoms with Crippen LogP contribution in [0.2, 0.25) is 0 Å². The standard InChI is InChI=1S/C26H33NO3/c1-26(2,3)30-25(28)27-16-15-22-17-21(11-14-24(22)27)20-9-12-23(13-10-20)29-18-19-7-5-4-6-8-19/h9-14,17,19H,4-8,15-16,18H2,1-3H3. The van der Waals surface area contributed by atoms with E-state index in [1.807, 2.05) is 26.8 Å². The SMILES string of the molecule is CC(C)(C)OC(=O)N1CCc2cc(-c3ccc(OCC4CCCCC4)cc3)ccc21. The van der Waals surface area contributed by atoms with Crippen LogP contribution < -0.4 is 9.64 Å². The predicted molar refractivity (Wildman–Crippen MR) is 121 cm³/mol. The molecular formula is C26H33NO3. The Morgan fingerprint density at radius 2 is 1.70 bits per heavy atom. The summed E-state index contributed by atoms with van der Waals surface area (Å²) in [5, 5.41) is 0. The van der Waals surface area contributed by atoms with Gasteiger partial charge in [-0.25, -0.2) is 4.79 Å². The van der Waals surface area contributed by atoms with E-state index < -0.39 is 5.60 Å². The first-order valence-electron chi connectivity index (χ1n) is 11.3. The van der Waals surface area contributed by atoms with Crippen molar-refractivity contribution in [2.45, 2.75) is 64.9 Å². The van der Waals surface area contributed by atoms with Crippen LogP contribution >= 0.6 is 0 Å². The summed E-state index contributed by atoms with van der Waals surface area (Å²) in [4.78, 5) is 14.2. The third kappa shape index (κ3) is 4.97. The molecule has 160 valence electrons.